The van der Waals surface area contributed by atoms with Gasteiger partial charge in [-0.15, -0.1) is 12.4 Å². The van der Waals surface area contributed by atoms with Crippen molar-refractivity contribution in [1.82, 2.24) is 5.32 Å². The molecule has 3 rings (SSSR count). The zero-order valence-electron chi connectivity index (χ0n) is 14.6. The smallest absolute Gasteiger partial charge is 0.147 e. The Labute approximate surface area is 160 Å². The lowest BCUT2D eigenvalue weighted by atomic mass is 10.2. The van der Waals surface area contributed by atoms with Crippen LogP contribution in [0, 0.1) is 5.82 Å². The molecule has 144 valence electrons. The lowest BCUT2D eigenvalue weighted by Gasteiger charge is -2.44. The maximum atomic E-state index is 13.6. The number of para-hydroxylation sites is 2. The first-order chi connectivity index (χ1) is 12.0. The van der Waals surface area contributed by atoms with Crippen molar-refractivity contribution >= 4 is 40.4 Å². The van der Waals surface area contributed by atoms with E-state index in [0.717, 1.165) is 18.7 Å². The molecule has 0 amide bonds. The van der Waals surface area contributed by atoms with Crippen molar-refractivity contribution in [2.24, 2.45) is 0 Å². The molecule has 0 saturated heterocycles. The van der Waals surface area contributed by atoms with Gasteiger partial charge in [0.25, 0.3) is 0 Å². The minimum atomic E-state index is -3.33. The molecule has 2 aromatic carbocycles. The molecule has 26 heavy (non-hydrogen) atoms. The number of fused-ring (bicyclic) bond motifs is 1. The molecule has 1 aliphatic heterocycles. The topological polar surface area (TPSA) is 68.2 Å². The van der Waals surface area contributed by atoms with Gasteiger partial charge in [-0.2, -0.15) is 0 Å². The van der Waals surface area contributed by atoms with Crippen LogP contribution >= 0.6 is 23.4 Å². The van der Waals surface area contributed by atoms with E-state index in [9.17, 15) is 13.5 Å². The molecule has 2 aromatic rings. The van der Waals surface area contributed by atoms with Gasteiger partial charge < -0.3 is 10.1 Å². The van der Waals surface area contributed by atoms with Crippen LogP contribution in [-0.4, -0.2) is 36.4 Å². The summed E-state index contributed by atoms with van der Waals surface area (Å²) in [5.41, 5.74) is 1.79. The van der Waals surface area contributed by atoms with Crippen molar-refractivity contribution in [3.63, 3.8) is 0 Å². The molecule has 0 unspecified atom stereocenters. The summed E-state index contributed by atoms with van der Waals surface area (Å²) in [6.07, 6.45) is 0.745. The number of hydrogen-bond donors (Lipinski definition) is 3. The van der Waals surface area contributed by atoms with Gasteiger partial charge in [0.15, 0.2) is 0 Å². The zero-order chi connectivity index (χ0) is 18.0. The van der Waals surface area contributed by atoms with Gasteiger partial charge in [-0.1, -0.05) is 12.1 Å². The number of ether oxygens (including phenoxy) is 1. The molecule has 0 aliphatic carbocycles. The second kappa shape index (κ2) is 8.32. The second-order valence-corrected chi connectivity index (χ2v) is 7.43. The summed E-state index contributed by atoms with van der Waals surface area (Å²) in [6, 6.07) is 11.3. The summed E-state index contributed by atoms with van der Waals surface area (Å²) in [5, 5.41) is 3.05. The Balaban J connectivity index is 0.00000243. The van der Waals surface area contributed by atoms with Crippen LogP contribution in [0.5, 0.6) is 5.75 Å². The van der Waals surface area contributed by atoms with Gasteiger partial charge in [-0.25, -0.2) is 8.70 Å². The van der Waals surface area contributed by atoms with Crippen LogP contribution < -0.4 is 18.7 Å². The first kappa shape index (κ1) is 20.6. The summed E-state index contributed by atoms with van der Waals surface area (Å²) in [5.74, 6) is -0.206. The van der Waals surface area contributed by atoms with Crippen LogP contribution in [0.2, 0.25) is 0 Å². The third-order valence-electron chi connectivity index (χ3n) is 4.06. The molecule has 0 bridgehead atoms. The van der Waals surface area contributed by atoms with Gasteiger partial charge in [0.1, 0.15) is 17.3 Å². The molecule has 3 N–H and O–H groups in total. The quantitative estimate of drug-likeness (QED) is 0.621. The first-order valence-corrected chi connectivity index (χ1v) is 9.40. The van der Waals surface area contributed by atoms with Crippen molar-refractivity contribution in [3.05, 3.63) is 48.3 Å². The third kappa shape index (κ3) is 3.56. The third-order valence-corrected chi connectivity index (χ3v) is 5.91. The summed E-state index contributed by atoms with van der Waals surface area (Å²) < 4.78 is 43.8. The largest absolute Gasteiger partial charge is 0.494 e. The van der Waals surface area contributed by atoms with Crippen LogP contribution in [-0.2, 0) is 0 Å². The van der Waals surface area contributed by atoms with Crippen LogP contribution in [0.1, 0.15) is 6.42 Å². The second-order valence-electron chi connectivity index (χ2n) is 5.65. The van der Waals surface area contributed by atoms with E-state index in [0.29, 0.717) is 17.9 Å². The average molecular weight is 404 g/mol. The Morgan fingerprint density at radius 1 is 1.12 bits per heavy atom. The molecule has 0 aromatic heterocycles. The van der Waals surface area contributed by atoms with Crippen molar-refractivity contribution in [1.29, 1.82) is 0 Å². The highest BCUT2D eigenvalue weighted by Gasteiger charge is 2.42. The lowest BCUT2D eigenvalue weighted by Crippen LogP contribution is -2.33. The number of hydrogen-bond acceptors (Lipinski definition) is 6. The van der Waals surface area contributed by atoms with E-state index in [1.165, 1.54) is 29.6 Å². The molecular formula is C17H23ClFN3O3S. The van der Waals surface area contributed by atoms with Gasteiger partial charge in [0.2, 0.25) is 0 Å². The Morgan fingerprint density at radius 2 is 1.81 bits per heavy atom. The summed E-state index contributed by atoms with van der Waals surface area (Å²) in [6.45, 7) is 1.23. The van der Waals surface area contributed by atoms with Crippen LogP contribution in [0.3, 0.4) is 0 Å². The molecule has 9 heteroatoms. The van der Waals surface area contributed by atoms with E-state index in [4.69, 9.17) is 4.74 Å². The number of benzene rings is 2. The van der Waals surface area contributed by atoms with Crippen molar-refractivity contribution < 1.29 is 18.2 Å². The van der Waals surface area contributed by atoms with E-state index in [2.05, 4.69) is 5.32 Å². The number of anilines is 3. The fourth-order valence-electron chi connectivity index (χ4n) is 2.93. The molecule has 6 nitrogen and oxygen atoms in total. The Hall–Kier alpha value is -1.71. The molecule has 1 heterocycles. The molecule has 0 saturated carbocycles. The van der Waals surface area contributed by atoms with E-state index in [1.54, 1.807) is 4.31 Å². The highest BCUT2D eigenvalue weighted by Crippen LogP contribution is 2.65. The maximum absolute atomic E-state index is 13.6. The highest BCUT2D eigenvalue weighted by molar-refractivity contribution is 8.27. The number of rotatable bonds is 6. The van der Waals surface area contributed by atoms with Gasteiger partial charge in [-0.05, 0) is 55.2 Å². The Morgan fingerprint density at radius 3 is 2.46 bits per heavy atom. The standard InChI is InChI=1S/C17H22FN3O3S.ClH/c1-19-10-5-11-20-14-6-3-4-7-15(14)21(25(20,22)23)16-9-8-13(18)12-17(16)24-2;/h3-4,6-9,12,19,22-23H,5,10-11H2,1-2H3;1H. The fraction of sp³-hybridized carbons (Fsp3) is 0.294. The molecular weight excluding hydrogens is 381 g/mol. The molecule has 0 radical (unpaired) electrons. The summed E-state index contributed by atoms with van der Waals surface area (Å²) in [7, 11) is -0.0494. The van der Waals surface area contributed by atoms with Gasteiger partial charge >= 0.3 is 0 Å². The van der Waals surface area contributed by atoms with Crippen molar-refractivity contribution in [2.45, 2.75) is 6.42 Å². The van der Waals surface area contributed by atoms with Gasteiger partial charge in [0, 0.05) is 12.6 Å². The monoisotopic (exact) mass is 403 g/mol. The van der Waals surface area contributed by atoms with E-state index >= 15 is 0 Å². The van der Waals surface area contributed by atoms with Crippen LogP contribution in [0.15, 0.2) is 42.5 Å². The molecule has 0 fully saturated rings. The SMILES string of the molecule is CNCCCN1c2ccccc2N(c2ccc(F)cc2OC)S1(O)O.Cl. The first-order valence-electron chi connectivity index (χ1n) is 7.94. The van der Waals surface area contributed by atoms with Crippen LogP contribution in [0.4, 0.5) is 21.5 Å². The predicted molar refractivity (Wildman–Crippen MR) is 108 cm³/mol. The number of halogens is 2. The Kier molecular flexibility index (Phi) is 6.59. The highest BCUT2D eigenvalue weighted by atomic mass is 35.5. The summed E-state index contributed by atoms with van der Waals surface area (Å²) in [4.78, 5) is 0. The minimum Gasteiger partial charge on any atom is -0.494 e. The number of methoxy groups -OCH3 is 1. The normalized spacial score (nSPS) is 16.0. The van der Waals surface area contributed by atoms with Gasteiger partial charge in [-0.3, -0.25) is 13.4 Å². The maximum Gasteiger partial charge on any atom is 0.147 e. The van der Waals surface area contributed by atoms with Crippen LogP contribution in [0.25, 0.3) is 0 Å². The predicted octanol–water partition coefficient (Wildman–Crippen LogP) is 4.40. The Bertz CT molecular complexity index is 766. The minimum absolute atomic E-state index is 0. The van der Waals surface area contributed by atoms with E-state index in [-0.39, 0.29) is 18.2 Å². The van der Waals surface area contributed by atoms with Crippen molar-refractivity contribution in [3.8, 4) is 5.75 Å². The lowest BCUT2D eigenvalue weighted by molar-refractivity contribution is 0.412. The number of nitrogens with zero attached hydrogens (tertiary/aromatic N) is 2. The molecule has 1 aliphatic rings. The fourth-order valence-corrected chi connectivity index (χ4v) is 4.76. The number of nitrogens with one attached hydrogen (secondary N) is 1. The van der Waals surface area contributed by atoms with Crippen molar-refractivity contribution in [2.75, 3.05) is 35.9 Å². The molecule has 0 atom stereocenters. The zero-order valence-corrected chi connectivity index (χ0v) is 16.2. The van der Waals surface area contributed by atoms with Gasteiger partial charge in [0.05, 0.1) is 18.5 Å². The van der Waals surface area contributed by atoms with E-state index < -0.39 is 16.8 Å². The molecule has 0 spiro atoms. The summed E-state index contributed by atoms with van der Waals surface area (Å²) >= 11 is 0. The van der Waals surface area contributed by atoms with E-state index in [1.807, 2.05) is 31.3 Å². The average Bonchev–Trinajstić information content (AvgIpc) is 2.82.